The monoisotopic (exact) mass is 378 g/mol. The normalized spacial score (nSPS) is 31.3. The molecule has 0 aliphatic heterocycles. The molecule has 4 aliphatic rings. The number of hydrogen-bond donors (Lipinski definition) is 3. The second kappa shape index (κ2) is 7.52. The van der Waals surface area contributed by atoms with E-state index in [0.717, 1.165) is 65.5 Å². The van der Waals surface area contributed by atoms with Crippen molar-refractivity contribution in [1.82, 2.24) is 16.0 Å². The van der Waals surface area contributed by atoms with E-state index in [1.54, 1.807) is 18.8 Å². The zero-order chi connectivity index (χ0) is 18.1. The second-order valence-corrected chi connectivity index (χ2v) is 8.57. The van der Waals surface area contributed by atoms with Gasteiger partial charge >= 0.3 is 0 Å². The van der Waals surface area contributed by atoms with Crippen molar-refractivity contribution in [2.75, 3.05) is 19.3 Å². The van der Waals surface area contributed by atoms with Crippen molar-refractivity contribution < 1.29 is 9.34 Å². The van der Waals surface area contributed by atoms with E-state index in [2.05, 4.69) is 28.1 Å². The summed E-state index contributed by atoms with van der Waals surface area (Å²) in [5, 5.41) is 20.0. The van der Waals surface area contributed by atoms with Gasteiger partial charge in [0.15, 0.2) is 5.82 Å². The highest BCUT2D eigenvalue weighted by Gasteiger charge is 2.68. The topological polar surface area (TPSA) is 92.4 Å². The fourth-order valence-corrected chi connectivity index (χ4v) is 5.67. The molecule has 0 spiro atoms. The van der Waals surface area contributed by atoms with E-state index >= 15 is 0 Å². The number of furan rings is 1. The first kappa shape index (κ1) is 17.7. The highest BCUT2D eigenvalue weighted by atomic mass is 32.2. The van der Waals surface area contributed by atoms with E-state index in [4.69, 9.17) is 4.42 Å². The van der Waals surface area contributed by atoms with Crippen LogP contribution in [0.1, 0.15) is 24.4 Å². The molecule has 0 saturated heterocycles. The van der Waals surface area contributed by atoms with E-state index in [1.165, 1.54) is 12.8 Å². The minimum Gasteiger partial charge on any atom is -0.464 e. The van der Waals surface area contributed by atoms with Crippen molar-refractivity contribution in [3.8, 4) is 0 Å². The minimum atomic E-state index is -0.470. The van der Waals surface area contributed by atoms with E-state index in [-0.39, 0.29) is 0 Å². The molecule has 7 nitrogen and oxygen atoms in total. The van der Waals surface area contributed by atoms with Crippen LogP contribution in [0.2, 0.25) is 0 Å². The van der Waals surface area contributed by atoms with E-state index < -0.39 is 4.92 Å². The van der Waals surface area contributed by atoms with Crippen molar-refractivity contribution >= 4 is 11.8 Å². The van der Waals surface area contributed by atoms with E-state index in [9.17, 15) is 10.1 Å². The lowest BCUT2D eigenvalue weighted by atomic mass is 10.1. The summed E-state index contributed by atoms with van der Waals surface area (Å²) in [5.41, 5.74) is 0. The van der Waals surface area contributed by atoms with Gasteiger partial charge in [-0.1, -0.05) is 0 Å². The van der Waals surface area contributed by atoms with Gasteiger partial charge in [-0.15, -0.1) is 0 Å². The quantitative estimate of drug-likeness (QED) is 0.309. The third-order valence-electron chi connectivity index (χ3n) is 6.01. The molecule has 0 radical (unpaired) electrons. The molecule has 1 aromatic heterocycles. The van der Waals surface area contributed by atoms with Crippen LogP contribution in [-0.4, -0.2) is 30.3 Å². The Bertz CT molecular complexity index is 678. The van der Waals surface area contributed by atoms with Crippen LogP contribution in [0.4, 0.5) is 0 Å². The first-order chi connectivity index (χ1) is 12.7. The number of nitrogens with one attached hydrogen (secondary N) is 3. The number of rotatable bonds is 11. The molecule has 142 valence electrons. The van der Waals surface area contributed by atoms with Crippen LogP contribution < -0.4 is 16.0 Å². The largest absolute Gasteiger partial charge is 0.464 e. The van der Waals surface area contributed by atoms with Gasteiger partial charge in [0.2, 0.25) is 0 Å². The van der Waals surface area contributed by atoms with Gasteiger partial charge in [-0.2, -0.15) is 11.8 Å². The maximum atomic E-state index is 10.4. The van der Waals surface area contributed by atoms with Crippen LogP contribution in [0.5, 0.6) is 0 Å². The molecule has 4 fully saturated rings. The third-order valence-corrected chi connectivity index (χ3v) is 6.99. The lowest BCUT2D eigenvalue weighted by molar-refractivity contribution is -0.404. The average Bonchev–Trinajstić information content (AvgIpc) is 3.13. The molecule has 4 bridgehead atoms. The number of thioether (sulfide) groups is 1. The molecular formula is C18H26N4O3S. The van der Waals surface area contributed by atoms with Crippen LogP contribution in [0.3, 0.4) is 0 Å². The summed E-state index contributed by atoms with van der Waals surface area (Å²) in [7, 11) is 1.66. The molecule has 26 heavy (non-hydrogen) atoms. The lowest BCUT2D eigenvalue weighted by Crippen LogP contribution is -2.31. The zero-order valence-electron chi connectivity index (χ0n) is 14.9. The summed E-state index contributed by atoms with van der Waals surface area (Å²) < 4.78 is 5.93. The minimum absolute atomic E-state index is 0.421. The predicted octanol–water partition coefficient (Wildman–Crippen LogP) is 2.14. The first-order valence-electron chi connectivity index (χ1n) is 9.31. The predicted molar refractivity (Wildman–Crippen MR) is 101 cm³/mol. The molecule has 0 amide bonds. The van der Waals surface area contributed by atoms with Crippen LogP contribution >= 0.6 is 11.8 Å². The molecule has 1 aromatic rings. The van der Waals surface area contributed by atoms with Gasteiger partial charge in [0.1, 0.15) is 11.5 Å². The van der Waals surface area contributed by atoms with E-state index in [0.29, 0.717) is 12.4 Å². The summed E-state index contributed by atoms with van der Waals surface area (Å²) in [6.07, 6.45) is 3.84. The first-order valence-corrected chi connectivity index (χ1v) is 10.5. The van der Waals surface area contributed by atoms with Gasteiger partial charge in [0.25, 0.3) is 6.20 Å². The fourth-order valence-electron chi connectivity index (χ4n) is 4.92. The summed E-state index contributed by atoms with van der Waals surface area (Å²) >= 11 is 1.75. The highest BCUT2D eigenvalue weighted by Crippen LogP contribution is 2.70. The number of nitrogens with zero attached hydrogens (tertiary/aromatic N) is 1. The standard InChI is InChI=1S/C18H26N4O3S/c1-19-16(9-22(23)24)20-4-5-26-10-13-3-2-12(25-13)8-21-18-11-6-14-15(7-11)17(14)18/h2-3,9,11,14-15,17-21H,4-8,10H2,1H3/b16-9+/t11?,14-,15?,17?,18?/m1/s1. The zero-order valence-corrected chi connectivity index (χ0v) is 15.8. The Morgan fingerprint density at radius 3 is 2.81 bits per heavy atom. The van der Waals surface area contributed by atoms with Crippen LogP contribution in [0.15, 0.2) is 28.6 Å². The molecule has 5 rings (SSSR count). The molecule has 5 atom stereocenters. The lowest BCUT2D eigenvalue weighted by Gasteiger charge is -2.15. The fraction of sp³-hybridized carbons (Fsp3) is 0.667. The molecule has 4 saturated carbocycles. The smallest absolute Gasteiger partial charge is 0.274 e. The summed E-state index contributed by atoms with van der Waals surface area (Å²) in [6.45, 7) is 1.49. The van der Waals surface area contributed by atoms with Crippen molar-refractivity contribution in [3.63, 3.8) is 0 Å². The maximum absolute atomic E-state index is 10.4. The Labute approximate surface area is 157 Å². The molecule has 0 aromatic carbocycles. The highest BCUT2D eigenvalue weighted by molar-refractivity contribution is 7.98. The van der Waals surface area contributed by atoms with Crippen LogP contribution in [0.25, 0.3) is 0 Å². The molecule has 1 heterocycles. The van der Waals surface area contributed by atoms with Crippen molar-refractivity contribution in [2.24, 2.45) is 23.7 Å². The van der Waals surface area contributed by atoms with Crippen molar-refractivity contribution in [1.29, 1.82) is 0 Å². The van der Waals surface area contributed by atoms with Crippen LogP contribution in [0, 0.1) is 33.8 Å². The molecular weight excluding hydrogens is 352 g/mol. The molecule has 8 heteroatoms. The Kier molecular flexibility index (Phi) is 5.13. The van der Waals surface area contributed by atoms with Gasteiger partial charge in [-0.05, 0) is 48.6 Å². The van der Waals surface area contributed by atoms with Gasteiger partial charge in [0.05, 0.1) is 17.2 Å². The molecule has 4 unspecified atom stereocenters. The van der Waals surface area contributed by atoms with Gasteiger partial charge in [-0.25, -0.2) is 0 Å². The van der Waals surface area contributed by atoms with Crippen LogP contribution in [-0.2, 0) is 12.3 Å². The third kappa shape index (κ3) is 3.71. The summed E-state index contributed by atoms with van der Waals surface area (Å²) in [5.74, 6) is 8.05. The van der Waals surface area contributed by atoms with Crippen molar-refractivity contribution in [2.45, 2.75) is 31.2 Å². The molecule has 3 N–H and O–H groups in total. The van der Waals surface area contributed by atoms with Gasteiger partial charge < -0.3 is 20.4 Å². The Hall–Kier alpha value is -1.67. The second-order valence-electron chi connectivity index (χ2n) is 7.47. The number of nitro groups is 1. The average molecular weight is 378 g/mol. The van der Waals surface area contributed by atoms with Crippen molar-refractivity contribution in [3.05, 3.63) is 45.8 Å². The molecule has 4 aliphatic carbocycles. The Balaban J connectivity index is 1.12. The Morgan fingerprint density at radius 1 is 1.38 bits per heavy atom. The number of hydrogen-bond acceptors (Lipinski definition) is 7. The van der Waals surface area contributed by atoms with Gasteiger partial charge in [0, 0.05) is 25.4 Å². The van der Waals surface area contributed by atoms with Gasteiger partial charge in [-0.3, -0.25) is 10.1 Å². The van der Waals surface area contributed by atoms with E-state index in [1.807, 2.05) is 0 Å². The summed E-state index contributed by atoms with van der Waals surface area (Å²) in [4.78, 5) is 9.98. The maximum Gasteiger partial charge on any atom is 0.274 e. The SMILES string of the molecule is CN/C(=C\[N+](=O)[O-])NCCSCc1ccc(CNC2C3CC4C2[C@@H]4C3)o1. The Morgan fingerprint density at radius 2 is 2.15 bits per heavy atom. The summed E-state index contributed by atoms with van der Waals surface area (Å²) in [6, 6.07) is 4.86.